The number of morpholine rings is 1. The molecule has 1 N–H and O–H groups in total. The number of ether oxygens (including phenoxy) is 1. The predicted octanol–water partition coefficient (Wildman–Crippen LogP) is 1.38. The minimum absolute atomic E-state index is 0.545. The summed E-state index contributed by atoms with van der Waals surface area (Å²) in [5, 5.41) is 3.62. The Morgan fingerprint density at radius 2 is 2.06 bits per heavy atom. The van der Waals surface area contributed by atoms with Crippen LogP contribution in [0.4, 0.5) is 0 Å². The number of fused-ring (bicyclic) bond motifs is 1. The Morgan fingerprint density at radius 3 is 2.94 bits per heavy atom. The molecule has 2 unspecified atom stereocenters. The molecule has 0 aromatic carbocycles. The smallest absolute Gasteiger partial charge is 0.0730 e. The first-order valence-electron chi connectivity index (χ1n) is 7.02. The van der Waals surface area contributed by atoms with Gasteiger partial charge < -0.3 is 10.1 Å². The number of rotatable bonds is 2. The maximum Gasteiger partial charge on any atom is 0.0730 e. The summed E-state index contributed by atoms with van der Waals surface area (Å²) >= 11 is 0. The van der Waals surface area contributed by atoms with Crippen molar-refractivity contribution in [2.45, 2.75) is 56.7 Å². The Bertz CT molecular complexity index is 226. The maximum absolute atomic E-state index is 5.91. The fourth-order valence-electron chi connectivity index (χ4n) is 3.60. The molecule has 2 saturated heterocycles. The Hall–Kier alpha value is -0.120. The van der Waals surface area contributed by atoms with Crippen LogP contribution < -0.4 is 5.32 Å². The lowest BCUT2D eigenvalue weighted by atomic mass is 9.90. The molecule has 0 bridgehead atoms. The number of nitrogens with one attached hydrogen (secondary N) is 1. The van der Waals surface area contributed by atoms with E-state index in [1.54, 1.807) is 0 Å². The molecule has 0 aromatic rings. The highest BCUT2D eigenvalue weighted by atomic mass is 16.5. The molecule has 2 aliphatic heterocycles. The van der Waals surface area contributed by atoms with E-state index in [-0.39, 0.29) is 0 Å². The van der Waals surface area contributed by atoms with Gasteiger partial charge >= 0.3 is 0 Å². The van der Waals surface area contributed by atoms with Gasteiger partial charge in [0, 0.05) is 25.2 Å². The molecule has 3 rings (SSSR count). The normalized spacial score (nSPS) is 40.9. The summed E-state index contributed by atoms with van der Waals surface area (Å²) in [7, 11) is 0. The molecule has 1 aliphatic carbocycles. The lowest BCUT2D eigenvalue weighted by Gasteiger charge is -2.44. The van der Waals surface area contributed by atoms with E-state index in [9.17, 15) is 0 Å². The third-order valence-electron chi connectivity index (χ3n) is 4.46. The van der Waals surface area contributed by atoms with Crippen LogP contribution in [0.1, 0.15) is 38.5 Å². The predicted molar refractivity (Wildman–Crippen MR) is 64.6 cm³/mol. The Labute approximate surface area is 98.5 Å². The van der Waals surface area contributed by atoms with Crippen molar-refractivity contribution in [3.05, 3.63) is 0 Å². The van der Waals surface area contributed by atoms with Crippen LogP contribution in [0.15, 0.2) is 0 Å². The van der Waals surface area contributed by atoms with Gasteiger partial charge in [-0.2, -0.15) is 0 Å². The zero-order chi connectivity index (χ0) is 10.8. The minimum Gasteiger partial charge on any atom is -0.375 e. The molecule has 0 spiro atoms. The quantitative estimate of drug-likeness (QED) is 0.767. The molecule has 3 atom stereocenters. The molecule has 2 heterocycles. The molecule has 16 heavy (non-hydrogen) atoms. The van der Waals surface area contributed by atoms with Gasteiger partial charge in [-0.3, -0.25) is 4.90 Å². The van der Waals surface area contributed by atoms with Crippen LogP contribution in [-0.2, 0) is 4.74 Å². The van der Waals surface area contributed by atoms with E-state index in [0.717, 1.165) is 25.2 Å². The summed E-state index contributed by atoms with van der Waals surface area (Å²) < 4.78 is 5.91. The summed E-state index contributed by atoms with van der Waals surface area (Å²) in [6.07, 6.45) is 8.70. The van der Waals surface area contributed by atoms with E-state index in [2.05, 4.69) is 10.2 Å². The zero-order valence-corrected chi connectivity index (χ0v) is 10.2. The Kier molecular flexibility index (Phi) is 3.46. The van der Waals surface area contributed by atoms with Crippen molar-refractivity contribution >= 4 is 0 Å². The van der Waals surface area contributed by atoms with E-state index in [1.807, 2.05) is 0 Å². The molecule has 3 fully saturated rings. The number of hydrogen-bond acceptors (Lipinski definition) is 3. The first-order chi connectivity index (χ1) is 7.93. The number of nitrogens with zero attached hydrogens (tertiary/aromatic N) is 1. The second-order valence-electron chi connectivity index (χ2n) is 5.55. The van der Waals surface area contributed by atoms with Crippen molar-refractivity contribution in [2.24, 2.45) is 0 Å². The SMILES string of the molecule is C1CCC2C(C1)OCCN2C[C@H]1CCCN1. The van der Waals surface area contributed by atoms with Crippen molar-refractivity contribution in [2.75, 3.05) is 26.2 Å². The highest BCUT2D eigenvalue weighted by Crippen LogP contribution is 2.28. The van der Waals surface area contributed by atoms with Crippen LogP contribution in [0.25, 0.3) is 0 Å². The van der Waals surface area contributed by atoms with E-state index >= 15 is 0 Å². The second-order valence-corrected chi connectivity index (χ2v) is 5.55. The molecule has 0 aromatic heterocycles. The molecule has 3 nitrogen and oxygen atoms in total. The van der Waals surface area contributed by atoms with E-state index in [4.69, 9.17) is 4.74 Å². The largest absolute Gasteiger partial charge is 0.375 e. The van der Waals surface area contributed by atoms with Crippen LogP contribution in [0, 0.1) is 0 Å². The molecule has 92 valence electrons. The summed E-state index contributed by atoms with van der Waals surface area (Å²) in [5.74, 6) is 0. The van der Waals surface area contributed by atoms with Gasteiger partial charge in [-0.25, -0.2) is 0 Å². The lowest BCUT2D eigenvalue weighted by Crippen LogP contribution is -2.55. The van der Waals surface area contributed by atoms with Gasteiger partial charge in [0.25, 0.3) is 0 Å². The average molecular weight is 224 g/mol. The fraction of sp³-hybridized carbons (Fsp3) is 1.00. The number of hydrogen-bond donors (Lipinski definition) is 1. The van der Waals surface area contributed by atoms with Gasteiger partial charge in [-0.1, -0.05) is 12.8 Å². The Morgan fingerprint density at radius 1 is 1.12 bits per heavy atom. The van der Waals surface area contributed by atoms with Gasteiger partial charge in [0.05, 0.1) is 12.7 Å². The topological polar surface area (TPSA) is 24.5 Å². The van der Waals surface area contributed by atoms with Gasteiger partial charge in [-0.15, -0.1) is 0 Å². The van der Waals surface area contributed by atoms with Crippen molar-refractivity contribution in [1.29, 1.82) is 0 Å². The fourth-order valence-corrected chi connectivity index (χ4v) is 3.60. The summed E-state index contributed by atoms with van der Waals surface area (Å²) in [6, 6.07) is 1.48. The Balaban J connectivity index is 1.59. The van der Waals surface area contributed by atoms with E-state index < -0.39 is 0 Å². The van der Waals surface area contributed by atoms with E-state index in [1.165, 1.54) is 51.6 Å². The second kappa shape index (κ2) is 5.03. The van der Waals surface area contributed by atoms with Crippen molar-refractivity contribution in [3.8, 4) is 0 Å². The third-order valence-corrected chi connectivity index (χ3v) is 4.46. The highest BCUT2D eigenvalue weighted by Gasteiger charge is 2.35. The minimum atomic E-state index is 0.545. The summed E-state index contributed by atoms with van der Waals surface area (Å²) in [5.41, 5.74) is 0. The summed E-state index contributed by atoms with van der Waals surface area (Å²) in [4.78, 5) is 2.70. The first-order valence-corrected chi connectivity index (χ1v) is 7.02. The van der Waals surface area contributed by atoms with Crippen LogP contribution in [-0.4, -0.2) is 49.3 Å². The van der Waals surface area contributed by atoms with Crippen LogP contribution in [0.3, 0.4) is 0 Å². The summed E-state index contributed by atoms with van der Waals surface area (Å²) in [6.45, 7) is 4.58. The zero-order valence-electron chi connectivity index (χ0n) is 10.2. The van der Waals surface area contributed by atoms with Crippen molar-refractivity contribution < 1.29 is 4.74 Å². The average Bonchev–Trinajstić information content (AvgIpc) is 2.82. The molecule has 1 saturated carbocycles. The molecule has 3 aliphatic rings. The van der Waals surface area contributed by atoms with E-state index in [0.29, 0.717) is 6.10 Å². The van der Waals surface area contributed by atoms with Crippen molar-refractivity contribution in [1.82, 2.24) is 10.2 Å². The van der Waals surface area contributed by atoms with Gasteiger partial charge in [0.2, 0.25) is 0 Å². The first kappa shape index (κ1) is 11.0. The molecular formula is C13H24N2O. The highest BCUT2D eigenvalue weighted by molar-refractivity contribution is 4.90. The molecule has 0 amide bonds. The monoisotopic (exact) mass is 224 g/mol. The standard InChI is InChI=1S/C13H24N2O/c1-2-6-13-12(5-1)15(8-9-16-13)10-11-4-3-7-14-11/h11-14H,1-10H2/t11-,12?,13?/m1/s1. The van der Waals surface area contributed by atoms with Crippen molar-refractivity contribution in [3.63, 3.8) is 0 Å². The van der Waals surface area contributed by atoms with Crippen LogP contribution in [0.5, 0.6) is 0 Å². The van der Waals surface area contributed by atoms with Gasteiger partial charge in [0.1, 0.15) is 0 Å². The van der Waals surface area contributed by atoms with Crippen LogP contribution in [0.2, 0.25) is 0 Å². The van der Waals surface area contributed by atoms with Crippen LogP contribution >= 0.6 is 0 Å². The molecule has 3 heteroatoms. The lowest BCUT2D eigenvalue weighted by molar-refractivity contribution is -0.0897. The van der Waals surface area contributed by atoms with Gasteiger partial charge in [-0.05, 0) is 32.2 Å². The molecule has 0 radical (unpaired) electrons. The maximum atomic E-state index is 5.91. The third kappa shape index (κ3) is 2.27. The molecular weight excluding hydrogens is 200 g/mol. The van der Waals surface area contributed by atoms with Gasteiger partial charge in [0.15, 0.2) is 0 Å².